The summed E-state index contributed by atoms with van der Waals surface area (Å²) in [6.45, 7) is 9.02. The van der Waals surface area contributed by atoms with Gasteiger partial charge in [0.05, 0.1) is 17.6 Å². The number of amides is 2. The molecule has 0 aliphatic carbocycles. The Morgan fingerprint density at radius 2 is 1.57 bits per heavy atom. The predicted octanol–water partition coefficient (Wildman–Crippen LogP) is 3.01. The lowest BCUT2D eigenvalue weighted by Crippen LogP contribution is -2.51. The highest BCUT2D eigenvalue weighted by Gasteiger charge is 2.26. The number of benzene rings is 1. The number of carbonyl (C=O) groups is 2. The molecule has 0 spiro atoms. The summed E-state index contributed by atoms with van der Waals surface area (Å²) in [5.41, 5.74) is 3.58. The standard InChI is InChI=1S/C24H32N4O2/c1-18-7-8-22-20(15-18)21(16-19(2)25-22)24(30)28-13-11-26(12-14-28)17-23(29)27-9-5-3-4-6-10-27/h7-8,15-16H,3-6,9-14,17H2,1-2H3. The van der Waals surface area contributed by atoms with Crippen molar-refractivity contribution in [1.29, 1.82) is 0 Å². The molecule has 30 heavy (non-hydrogen) atoms. The number of nitrogens with zero attached hydrogens (tertiary/aromatic N) is 4. The Morgan fingerprint density at radius 3 is 2.27 bits per heavy atom. The fourth-order valence-corrected chi connectivity index (χ4v) is 4.54. The molecule has 4 rings (SSSR count). The minimum atomic E-state index is 0.0644. The predicted molar refractivity (Wildman–Crippen MR) is 119 cm³/mol. The maximum atomic E-state index is 13.3. The molecular weight excluding hydrogens is 376 g/mol. The van der Waals surface area contributed by atoms with Gasteiger partial charge in [0.25, 0.3) is 5.91 Å². The Balaban J connectivity index is 1.39. The van der Waals surface area contributed by atoms with Crippen molar-refractivity contribution >= 4 is 22.7 Å². The molecule has 0 atom stereocenters. The van der Waals surface area contributed by atoms with Gasteiger partial charge in [-0.15, -0.1) is 0 Å². The van der Waals surface area contributed by atoms with Crippen LogP contribution >= 0.6 is 0 Å². The lowest BCUT2D eigenvalue weighted by molar-refractivity contribution is -0.132. The molecule has 2 fully saturated rings. The van der Waals surface area contributed by atoms with Crippen LogP contribution in [-0.2, 0) is 4.79 Å². The number of hydrogen-bond acceptors (Lipinski definition) is 4. The number of aryl methyl sites for hydroxylation is 2. The van der Waals surface area contributed by atoms with E-state index in [1.165, 1.54) is 12.8 Å². The number of aromatic nitrogens is 1. The van der Waals surface area contributed by atoms with Gasteiger partial charge in [-0.25, -0.2) is 0 Å². The first kappa shape index (κ1) is 20.8. The van der Waals surface area contributed by atoms with Gasteiger partial charge in [0.2, 0.25) is 5.91 Å². The maximum Gasteiger partial charge on any atom is 0.254 e. The van der Waals surface area contributed by atoms with Crippen molar-refractivity contribution in [1.82, 2.24) is 19.7 Å². The number of fused-ring (bicyclic) bond motifs is 1. The molecule has 0 radical (unpaired) electrons. The van der Waals surface area contributed by atoms with Gasteiger partial charge in [-0.2, -0.15) is 0 Å². The van der Waals surface area contributed by atoms with Crippen LogP contribution < -0.4 is 0 Å². The third-order valence-electron chi connectivity index (χ3n) is 6.30. The molecule has 1 aromatic heterocycles. The number of rotatable bonds is 3. The second-order valence-electron chi connectivity index (χ2n) is 8.70. The minimum Gasteiger partial charge on any atom is -0.342 e. The van der Waals surface area contributed by atoms with Crippen molar-refractivity contribution in [2.24, 2.45) is 0 Å². The first-order valence-corrected chi connectivity index (χ1v) is 11.2. The third-order valence-corrected chi connectivity index (χ3v) is 6.30. The number of likely N-dealkylation sites (tertiary alicyclic amines) is 1. The number of pyridine rings is 1. The second-order valence-corrected chi connectivity index (χ2v) is 8.70. The summed E-state index contributed by atoms with van der Waals surface area (Å²) in [4.78, 5) is 36.7. The zero-order valence-corrected chi connectivity index (χ0v) is 18.2. The van der Waals surface area contributed by atoms with E-state index in [0.29, 0.717) is 19.6 Å². The van der Waals surface area contributed by atoms with E-state index in [-0.39, 0.29) is 11.8 Å². The topological polar surface area (TPSA) is 56.8 Å². The Morgan fingerprint density at radius 1 is 0.867 bits per heavy atom. The summed E-state index contributed by atoms with van der Waals surface area (Å²) < 4.78 is 0. The molecule has 3 heterocycles. The van der Waals surface area contributed by atoms with Crippen molar-refractivity contribution in [2.45, 2.75) is 39.5 Å². The van der Waals surface area contributed by atoms with Gasteiger partial charge in [0.1, 0.15) is 0 Å². The highest BCUT2D eigenvalue weighted by atomic mass is 16.2. The summed E-state index contributed by atoms with van der Waals surface area (Å²) in [5, 5.41) is 0.921. The van der Waals surface area contributed by atoms with E-state index >= 15 is 0 Å². The van der Waals surface area contributed by atoms with Crippen LogP contribution in [0.3, 0.4) is 0 Å². The summed E-state index contributed by atoms with van der Waals surface area (Å²) in [6.07, 6.45) is 4.69. The number of carbonyl (C=O) groups excluding carboxylic acids is 2. The molecule has 6 heteroatoms. The van der Waals surface area contributed by atoms with Gasteiger partial charge < -0.3 is 9.80 Å². The molecule has 2 saturated heterocycles. The van der Waals surface area contributed by atoms with Crippen LogP contribution in [0.5, 0.6) is 0 Å². The molecule has 160 valence electrons. The summed E-state index contributed by atoms with van der Waals surface area (Å²) >= 11 is 0. The second kappa shape index (κ2) is 9.13. The molecule has 0 bridgehead atoms. The van der Waals surface area contributed by atoms with Crippen LogP contribution in [0.25, 0.3) is 10.9 Å². The Kier molecular flexibility index (Phi) is 6.32. The van der Waals surface area contributed by atoms with Crippen LogP contribution in [-0.4, -0.2) is 77.3 Å². The van der Waals surface area contributed by atoms with E-state index < -0.39 is 0 Å². The molecule has 2 aromatic rings. The average Bonchev–Trinajstić information content (AvgIpc) is 3.03. The molecular formula is C24H32N4O2. The molecule has 1 aromatic carbocycles. The lowest BCUT2D eigenvalue weighted by atomic mass is 10.0. The van der Waals surface area contributed by atoms with Crippen molar-refractivity contribution < 1.29 is 9.59 Å². The zero-order valence-electron chi connectivity index (χ0n) is 18.2. The average molecular weight is 409 g/mol. The lowest BCUT2D eigenvalue weighted by Gasteiger charge is -2.35. The Hall–Kier alpha value is -2.47. The van der Waals surface area contributed by atoms with E-state index in [2.05, 4.69) is 9.88 Å². The molecule has 6 nitrogen and oxygen atoms in total. The molecule has 2 aliphatic rings. The van der Waals surface area contributed by atoms with E-state index in [1.807, 2.05) is 47.9 Å². The third kappa shape index (κ3) is 4.64. The van der Waals surface area contributed by atoms with Gasteiger partial charge in [-0.05, 0) is 44.9 Å². The van der Waals surface area contributed by atoms with Crippen molar-refractivity contribution in [2.75, 3.05) is 45.8 Å². The van der Waals surface area contributed by atoms with Gasteiger partial charge in [-0.3, -0.25) is 19.5 Å². The largest absolute Gasteiger partial charge is 0.342 e. The number of piperazine rings is 1. The van der Waals surface area contributed by atoms with E-state index in [0.717, 1.165) is 66.7 Å². The van der Waals surface area contributed by atoms with Gasteiger partial charge >= 0.3 is 0 Å². The summed E-state index contributed by atoms with van der Waals surface area (Å²) in [7, 11) is 0. The SMILES string of the molecule is Cc1ccc2nc(C)cc(C(=O)N3CCN(CC(=O)N4CCCCCC4)CC3)c2c1. The van der Waals surface area contributed by atoms with Crippen LogP contribution in [0.2, 0.25) is 0 Å². The smallest absolute Gasteiger partial charge is 0.254 e. The molecule has 0 saturated carbocycles. The maximum absolute atomic E-state index is 13.3. The van der Waals surface area contributed by atoms with Crippen molar-refractivity contribution in [3.63, 3.8) is 0 Å². The van der Waals surface area contributed by atoms with Crippen LogP contribution in [0.1, 0.15) is 47.3 Å². The van der Waals surface area contributed by atoms with Gasteiger partial charge in [0, 0.05) is 50.3 Å². The highest BCUT2D eigenvalue weighted by Crippen LogP contribution is 2.22. The van der Waals surface area contributed by atoms with Crippen molar-refractivity contribution in [3.8, 4) is 0 Å². The normalized spacial score (nSPS) is 18.5. The van der Waals surface area contributed by atoms with E-state index in [1.54, 1.807) is 0 Å². The van der Waals surface area contributed by atoms with Gasteiger partial charge in [-0.1, -0.05) is 24.5 Å². The highest BCUT2D eigenvalue weighted by molar-refractivity contribution is 6.06. The monoisotopic (exact) mass is 408 g/mol. The van der Waals surface area contributed by atoms with Crippen LogP contribution in [0, 0.1) is 13.8 Å². The van der Waals surface area contributed by atoms with E-state index in [9.17, 15) is 9.59 Å². The summed E-state index contributed by atoms with van der Waals surface area (Å²) in [5.74, 6) is 0.303. The minimum absolute atomic E-state index is 0.0644. The first-order valence-electron chi connectivity index (χ1n) is 11.2. The van der Waals surface area contributed by atoms with E-state index in [4.69, 9.17) is 0 Å². The summed E-state index contributed by atoms with van der Waals surface area (Å²) in [6, 6.07) is 7.97. The Bertz CT molecular complexity index is 926. The number of hydrogen-bond donors (Lipinski definition) is 0. The fourth-order valence-electron chi connectivity index (χ4n) is 4.54. The fraction of sp³-hybridized carbons (Fsp3) is 0.542. The quantitative estimate of drug-likeness (QED) is 0.783. The van der Waals surface area contributed by atoms with Crippen molar-refractivity contribution in [3.05, 3.63) is 41.1 Å². The first-order chi connectivity index (χ1) is 14.5. The molecule has 2 aliphatic heterocycles. The molecule has 0 unspecified atom stereocenters. The zero-order chi connectivity index (χ0) is 21.1. The van der Waals surface area contributed by atoms with Crippen LogP contribution in [0.15, 0.2) is 24.3 Å². The molecule has 0 N–H and O–H groups in total. The molecule has 2 amide bonds. The van der Waals surface area contributed by atoms with Gasteiger partial charge in [0.15, 0.2) is 0 Å². The Labute approximate surface area is 178 Å². The van der Waals surface area contributed by atoms with Crippen LogP contribution in [0.4, 0.5) is 0 Å².